The lowest BCUT2D eigenvalue weighted by Gasteiger charge is -2.38. The van der Waals surface area contributed by atoms with Crippen LogP contribution in [0.3, 0.4) is 0 Å². The number of ether oxygens (including phenoxy) is 1. The van der Waals surface area contributed by atoms with Gasteiger partial charge in [0.15, 0.2) is 0 Å². The normalized spacial score (nSPS) is 25.3. The Morgan fingerprint density at radius 2 is 1.84 bits per heavy atom. The lowest BCUT2D eigenvalue weighted by atomic mass is 9.71. The van der Waals surface area contributed by atoms with Crippen LogP contribution in [0.25, 0.3) is 0 Å². The van der Waals surface area contributed by atoms with E-state index in [1.165, 1.54) is 24.8 Å². The minimum Gasteiger partial charge on any atom is -0.497 e. The van der Waals surface area contributed by atoms with E-state index in [0.717, 1.165) is 18.6 Å². The number of nitrogens with one attached hydrogen (secondary N) is 1. The van der Waals surface area contributed by atoms with Gasteiger partial charge in [-0.05, 0) is 30.5 Å². The highest BCUT2D eigenvalue weighted by Crippen LogP contribution is 2.45. The molecule has 102 valence electrons. The largest absolute Gasteiger partial charge is 0.497 e. The molecule has 3 rings (SSSR count). The van der Waals surface area contributed by atoms with Gasteiger partial charge in [0.1, 0.15) is 5.75 Å². The zero-order valence-electron chi connectivity index (χ0n) is 11.4. The number of carbonyl (C=O) groups is 1. The summed E-state index contributed by atoms with van der Waals surface area (Å²) in [5, 5.41) is 3.28. The van der Waals surface area contributed by atoms with Gasteiger partial charge >= 0.3 is 0 Å². The third-order valence-electron chi connectivity index (χ3n) is 4.71. The van der Waals surface area contributed by atoms with Crippen molar-refractivity contribution in [1.82, 2.24) is 5.32 Å². The molecule has 2 aliphatic rings. The third-order valence-corrected chi connectivity index (χ3v) is 4.71. The molecule has 0 radical (unpaired) electrons. The number of methoxy groups -OCH3 is 1. The molecule has 1 aliphatic carbocycles. The molecule has 1 N–H and O–H groups in total. The lowest BCUT2D eigenvalue weighted by Crippen LogP contribution is -2.46. The van der Waals surface area contributed by atoms with Crippen LogP contribution in [0.1, 0.15) is 50.0 Å². The molecule has 1 saturated carbocycles. The summed E-state index contributed by atoms with van der Waals surface area (Å²) in [6.45, 7) is 0. The number of hydrogen-bond donors (Lipinski definition) is 1. The van der Waals surface area contributed by atoms with E-state index in [1.807, 2.05) is 12.1 Å². The van der Waals surface area contributed by atoms with Gasteiger partial charge in [0.2, 0.25) is 5.91 Å². The van der Waals surface area contributed by atoms with Crippen molar-refractivity contribution in [1.29, 1.82) is 0 Å². The van der Waals surface area contributed by atoms with Crippen LogP contribution < -0.4 is 10.1 Å². The van der Waals surface area contributed by atoms with Crippen LogP contribution in [0.4, 0.5) is 0 Å². The summed E-state index contributed by atoms with van der Waals surface area (Å²) < 4.78 is 5.21. The molecule has 1 aromatic carbocycles. The Labute approximate surface area is 114 Å². The van der Waals surface area contributed by atoms with Crippen LogP contribution in [-0.4, -0.2) is 18.6 Å². The van der Waals surface area contributed by atoms with Crippen molar-refractivity contribution in [3.05, 3.63) is 29.8 Å². The Balaban J connectivity index is 1.89. The summed E-state index contributed by atoms with van der Waals surface area (Å²) in [5.74, 6) is 1.41. The van der Waals surface area contributed by atoms with E-state index in [9.17, 15) is 4.79 Å². The molecule has 2 fully saturated rings. The Morgan fingerprint density at radius 1 is 1.16 bits per heavy atom. The first kappa shape index (κ1) is 12.5. The quantitative estimate of drug-likeness (QED) is 0.886. The van der Waals surface area contributed by atoms with Crippen molar-refractivity contribution in [2.45, 2.75) is 50.0 Å². The Kier molecular flexibility index (Phi) is 3.21. The van der Waals surface area contributed by atoms with E-state index in [0.29, 0.717) is 12.3 Å². The lowest BCUT2D eigenvalue weighted by molar-refractivity contribution is -0.120. The first-order chi connectivity index (χ1) is 9.23. The molecular weight excluding hydrogens is 238 g/mol. The topological polar surface area (TPSA) is 38.3 Å². The molecule has 0 unspecified atom stereocenters. The SMILES string of the molecule is COc1ccc([C@H]2CC(=O)NC23CCCCC3)cc1. The van der Waals surface area contributed by atoms with Gasteiger partial charge in [0, 0.05) is 17.9 Å². The van der Waals surface area contributed by atoms with Crippen LogP contribution in [0, 0.1) is 0 Å². The first-order valence-electron chi connectivity index (χ1n) is 7.18. The van der Waals surface area contributed by atoms with E-state index in [-0.39, 0.29) is 11.4 Å². The third kappa shape index (κ3) is 2.22. The molecule has 1 atom stereocenters. The van der Waals surface area contributed by atoms with Gasteiger partial charge in [-0.3, -0.25) is 4.79 Å². The van der Waals surface area contributed by atoms with E-state index in [1.54, 1.807) is 7.11 Å². The summed E-state index contributed by atoms with van der Waals surface area (Å²) in [6.07, 6.45) is 6.63. The predicted octanol–water partition coefficient (Wildman–Crippen LogP) is 3.00. The predicted molar refractivity (Wildman–Crippen MR) is 74.3 cm³/mol. The minimum absolute atomic E-state index is 0.0178. The Hall–Kier alpha value is -1.51. The maximum Gasteiger partial charge on any atom is 0.221 e. The van der Waals surface area contributed by atoms with Crippen molar-refractivity contribution in [2.75, 3.05) is 7.11 Å². The van der Waals surface area contributed by atoms with E-state index >= 15 is 0 Å². The minimum atomic E-state index is 0.0178. The van der Waals surface area contributed by atoms with Crippen LogP contribution >= 0.6 is 0 Å². The van der Waals surface area contributed by atoms with Crippen molar-refractivity contribution in [2.24, 2.45) is 0 Å². The molecule has 1 amide bonds. The average Bonchev–Trinajstić information content (AvgIpc) is 2.76. The van der Waals surface area contributed by atoms with Gasteiger partial charge in [-0.15, -0.1) is 0 Å². The fourth-order valence-electron chi connectivity index (χ4n) is 3.73. The van der Waals surface area contributed by atoms with Gasteiger partial charge in [0.05, 0.1) is 7.11 Å². The maximum absolute atomic E-state index is 11.9. The molecule has 1 saturated heterocycles. The zero-order chi connectivity index (χ0) is 13.3. The van der Waals surface area contributed by atoms with E-state index < -0.39 is 0 Å². The molecule has 1 aromatic rings. The number of hydrogen-bond acceptors (Lipinski definition) is 2. The molecule has 1 aliphatic heterocycles. The summed E-state index contributed by atoms with van der Waals surface area (Å²) in [7, 11) is 1.68. The van der Waals surface area contributed by atoms with E-state index in [2.05, 4.69) is 17.4 Å². The fraction of sp³-hybridized carbons (Fsp3) is 0.562. The van der Waals surface area contributed by atoms with Crippen molar-refractivity contribution < 1.29 is 9.53 Å². The molecule has 19 heavy (non-hydrogen) atoms. The summed E-state index contributed by atoms with van der Waals surface area (Å²) in [5.41, 5.74) is 1.28. The van der Waals surface area contributed by atoms with Crippen LogP contribution in [0.5, 0.6) is 5.75 Å². The van der Waals surface area contributed by atoms with Crippen molar-refractivity contribution >= 4 is 5.91 Å². The molecular formula is C16H21NO2. The number of rotatable bonds is 2. The van der Waals surface area contributed by atoms with E-state index in [4.69, 9.17) is 4.74 Å². The monoisotopic (exact) mass is 259 g/mol. The second-order valence-electron chi connectivity index (χ2n) is 5.79. The summed E-state index contributed by atoms with van der Waals surface area (Å²) in [4.78, 5) is 11.9. The Morgan fingerprint density at radius 3 is 2.47 bits per heavy atom. The average molecular weight is 259 g/mol. The van der Waals surface area contributed by atoms with Gasteiger partial charge in [-0.2, -0.15) is 0 Å². The molecule has 3 nitrogen and oxygen atoms in total. The highest BCUT2D eigenvalue weighted by molar-refractivity contribution is 5.81. The van der Waals surface area contributed by atoms with Crippen LogP contribution in [-0.2, 0) is 4.79 Å². The van der Waals surface area contributed by atoms with Gasteiger partial charge in [-0.25, -0.2) is 0 Å². The second kappa shape index (κ2) is 4.87. The van der Waals surface area contributed by atoms with Gasteiger partial charge in [-0.1, -0.05) is 31.4 Å². The molecule has 0 aromatic heterocycles. The van der Waals surface area contributed by atoms with Crippen molar-refractivity contribution in [3.63, 3.8) is 0 Å². The van der Waals surface area contributed by atoms with Gasteiger partial charge < -0.3 is 10.1 Å². The molecule has 3 heteroatoms. The van der Waals surface area contributed by atoms with Crippen molar-refractivity contribution in [3.8, 4) is 5.75 Å². The van der Waals surface area contributed by atoms with Gasteiger partial charge in [0.25, 0.3) is 0 Å². The molecule has 1 heterocycles. The number of benzene rings is 1. The Bertz CT molecular complexity index is 460. The van der Waals surface area contributed by atoms with Crippen LogP contribution in [0.2, 0.25) is 0 Å². The van der Waals surface area contributed by atoms with Crippen LogP contribution in [0.15, 0.2) is 24.3 Å². The maximum atomic E-state index is 11.9. The number of amides is 1. The smallest absolute Gasteiger partial charge is 0.221 e. The zero-order valence-corrected chi connectivity index (χ0v) is 11.4. The fourth-order valence-corrected chi connectivity index (χ4v) is 3.73. The molecule has 1 spiro atoms. The molecule has 0 bridgehead atoms. The first-order valence-corrected chi connectivity index (χ1v) is 7.18. The number of carbonyl (C=O) groups excluding carboxylic acids is 1. The highest BCUT2D eigenvalue weighted by Gasteiger charge is 2.47. The second-order valence-corrected chi connectivity index (χ2v) is 5.79. The summed E-state index contributed by atoms with van der Waals surface area (Å²) in [6, 6.07) is 8.21. The highest BCUT2D eigenvalue weighted by atomic mass is 16.5. The summed E-state index contributed by atoms with van der Waals surface area (Å²) >= 11 is 0. The standard InChI is InChI=1S/C16H21NO2/c1-19-13-7-5-12(6-8-13)14-11-15(18)17-16(14)9-3-2-4-10-16/h5-8,14H,2-4,9-11H2,1H3,(H,17,18)/t14-/m1/s1.